The van der Waals surface area contributed by atoms with Crippen LogP contribution < -0.4 is 4.74 Å². The van der Waals surface area contributed by atoms with Crippen molar-refractivity contribution >= 4 is 0 Å². The molecule has 1 N–H and O–H groups in total. The van der Waals surface area contributed by atoms with Crippen molar-refractivity contribution in [2.75, 3.05) is 6.61 Å². The van der Waals surface area contributed by atoms with Crippen LogP contribution in [0.1, 0.15) is 38.4 Å². The van der Waals surface area contributed by atoms with E-state index in [4.69, 9.17) is 4.74 Å². The van der Waals surface area contributed by atoms with Crippen molar-refractivity contribution in [1.82, 2.24) is 0 Å². The Morgan fingerprint density at radius 1 is 1.47 bits per heavy atom. The van der Waals surface area contributed by atoms with Crippen molar-refractivity contribution in [2.24, 2.45) is 0 Å². The molecule has 0 aliphatic heterocycles. The molecule has 0 saturated carbocycles. The SMILES string of the molecule is CCCCOc1ccc(F)cc1[C@H](C)O. The summed E-state index contributed by atoms with van der Waals surface area (Å²) in [5.74, 6) is 0.216. The molecule has 0 heterocycles. The number of unbranched alkanes of at least 4 members (excludes halogenated alkanes) is 1. The number of benzene rings is 1. The lowest BCUT2D eigenvalue weighted by atomic mass is 10.1. The molecule has 0 aliphatic carbocycles. The Labute approximate surface area is 89.7 Å². The number of halogens is 1. The Balaban J connectivity index is 2.77. The number of hydrogen-bond donors (Lipinski definition) is 1. The molecule has 2 nitrogen and oxygen atoms in total. The highest BCUT2D eigenvalue weighted by atomic mass is 19.1. The molecule has 0 fully saturated rings. The molecule has 0 unspecified atom stereocenters. The Morgan fingerprint density at radius 2 is 2.20 bits per heavy atom. The van der Waals surface area contributed by atoms with Crippen LogP contribution in [0.2, 0.25) is 0 Å². The summed E-state index contributed by atoms with van der Waals surface area (Å²) in [6, 6.07) is 4.21. The second-order valence-electron chi connectivity index (χ2n) is 3.56. The van der Waals surface area contributed by atoms with E-state index in [1.54, 1.807) is 13.0 Å². The summed E-state index contributed by atoms with van der Waals surface area (Å²) in [4.78, 5) is 0. The van der Waals surface area contributed by atoms with Crippen molar-refractivity contribution in [3.63, 3.8) is 0 Å². The van der Waals surface area contributed by atoms with Gasteiger partial charge in [-0.3, -0.25) is 0 Å². The lowest BCUT2D eigenvalue weighted by Crippen LogP contribution is -2.02. The number of aliphatic hydroxyl groups is 1. The number of ether oxygens (including phenoxy) is 1. The van der Waals surface area contributed by atoms with E-state index in [1.165, 1.54) is 12.1 Å². The zero-order valence-corrected chi connectivity index (χ0v) is 9.16. The van der Waals surface area contributed by atoms with E-state index in [9.17, 15) is 9.50 Å². The zero-order chi connectivity index (χ0) is 11.3. The Bertz CT molecular complexity index is 310. The molecule has 0 amide bonds. The lowest BCUT2D eigenvalue weighted by Gasteiger charge is -2.13. The lowest BCUT2D eigenvalue weighted by molar-refractivity contribution is 0.190. The summed E-state index contributed by atoms with van der Waals surface area (Å²) in [6.45, 7) is 4.27. The van der Waals surface area contributed by atoms with Crippen molar-refractivity contribution < 1.29 is 14.2 Å². The van der Waals surface area contributed by atoms with Gasteiger partial charge in [-0.15, -0.1) is 0 Å². The Hall–Kier alpha value is -1.09. The summed E-state index contributed by atoms with van der Waals surface area (Å²) >= 11 is 0. The van der Waals surface area contributed by atoms with E-state index in [0.29, 0.717) is 17.9 Å². The molecule has 84 valence electrons. The molecule has 0 bridgehead atoms. The molecule has 0 spiro atoms. The zero-order valence-electron chi connectivity index (χ0n) is 9.16. The maximum Gasteiger partial charge on any atom is 0.125 e. The van der Waals surface area contributed by atoms with E-state index in [-0.39, 0.29) is 5.82 Å². The van der Waals surface area contributed by atoms with Crippen LogP contribution in [0.4, 0.5) is 4.39 Å². The highest BCUT2D eigenvalue weighted by molar-refractivity contribution is 5.35. The average Bonchev–Trinajstić information content (AvgIpc) is 2.20. The first kappa shape index (κ1) is 12.0. The average molecular weight is 212 g/mol. The van der Waals surface area contributed by atoms with E-state index in [1.807, 2.05) is 0 Å². The molecule has 15 heavy (non-hydrogen) atoms. The molecule has 0 aliphatic rings. The third-order valence-corrected chi connectivity index (χ3v) is 2.18. The van der Waals surface area contributed by atoms with Crippen molar-refractivity contribution in [1.29, 1.82) is 0 Å². The molecule has 0 aromatic heterocycles. The summed E-state index contributed by atoms with van der Waals surface area (Å²) in [7, 11) is 0. The molecule has 1 aromatic carbocycles. The number of aliphatic hydroxyl groups excluding tert-OH is 1. The largest absolute Gasteiger partial charge is 0.493 e. The third kappa shape index (κ3) is 3.51. The molecule has 0 saturated heterocycles. The van der Waals surface area contributed by atoms with Crippen molar-refractivity contribution in [2.45, 2.75) is 32.8 Å². The number of rotatable bonds is 5. The van der Waals surface area contributed by atoms with Gasteiger partial charge in [0, 0.05) is 5.56 Å². The minimum Gasteiger partial charge on any atom is -0.493 e. The predicted molar refractivity (Wildman–Crippen MR) is 57.4 cm³/mol. The minimum absolute atomic E-state index is 0.353. The Kier molecular flexibility index (Phi) is 4.56. The van der Waals surface area contributed by atoms with Crippen LogP contribution in [-0.2, 0) is 0 Å². The summed E-state index contributed by atoms with van der Waals surface area (Å²) in [6.07, 6.45) is 1.29. The van der Waals surface area contributed by atoms with Gasteiger partial charge in [-0.2, -0.15) is 0 Å². The van der Waals surface area contributed by atoms with Gasteiger partial charge in [0.25, 0.3) is 0 Å². The summed E-state index contributed by atoms with van der Waals surface area (Å²) in [5, 5.41) is 9.44. The molecule has 0 radical (unpaired) electrons. The first-order chi connectivity index (χ1) is 7.15. The monoisotopic (exact) mass is 212 g/mol. The molecule has 1 atom stereocenters. The van der Waals surface area contributed by atoms with Crippen LogP contribution in [0.5, 0.6) is 5.75 Å². The smallest absolute Gasteiger partial charge is 0.125 e. The maximum absolute atomic E-state index is 12.9. The van der Waals surface area contributed by atoms with Crippen LogP contribution in [0, 0.1) is 5.82 Å². The van der Waals surface area contributed by atoms with Gasteiger partial charge in [0.05, 0.1) is 12.7 Å². The third-order valence-electron chi connectivity index (χ3n) is 2.18. The van der Waals surface area contributed by atoms with Crippen molar-refractivity contribution in [3.05, 3.63) is 29.6 Å². The first-order valence-corrected chi connectivity index (χ1v) is 5.25. The molecule has 1 rings (SSSR count). The van der Waals surface area contributed by atoms with Gasteiger partial charge in [-0.25, -0.2) is 4.39 Å². The number of hydrogen-bond acceptors (Lipinski definition) is 2. The van der Waals surface area contributed by atoms with E-state index in [2.05, 4.69) is 6.92 Å². The van der Waals surface area contributed by atoms with Gasteiger partial charge in [0.1, 0.15) is 11.6 Å². The normalized spacial score (nSPS) is 12.5. The van der Waals surface area contributed by atoms with Crippen LogP contribution in [-0.4, -0.2) is 11.7 Å². The van der Waals surface area contributed by atoms with Gasteiger partial charge < -0.3 is 9.84 Å². The van der Waals surface area contributed by atoms with Crippen LogP contribution >= 0.6 is 0 Å². The summed E-state index contributed by atoms with van der Waals surface area (Å²) in [5.41, 5.74) is 0.506. The molecular weight excluding hydrogens is 195 g/mol. The van der Waals surface area contributed by atoms with Gasteiger partial charge in [-0.1, -0.05) is 13.3 Å². The fraction of sp³-hybridized carbons (Fsp3) is 0.500. The van der Waals surface area contributed by atoms with Crippen LogP contribution in [0.25, 0.3) is 0 Å². The molecule has 1 aromatic rings. The summed E-state index contributed by atoms with van der Waals surface area (Å²) < 4.78 is 18.4. The highest BCUT2D eigenvalue weighted by Crippen LogP contribution is 2.26. The van der Waals surface area contributed by atoms with Crippen LogP contribution in [0.3, 0.4) is 0 Å². The van der Waals surface area contributed by atoms with E-state index >= 15 is 0 Å². The van der Waals surface area contributed by atoms with Gasteiger partial charge in [-0.05, 0) is 31.5 Å². The first-order valence-electron chi connectivity index (χ1n) is 5.25. The molecule has 3 heteroatoms. The quantitative estimate of drug-likeness (QED) is 0.760. The molecular formula is C12H17FO2. The van der Waals surface area contributed by atoms with Gasteiger partial charge in [0.2, 0.25) is 0 Å². The minimum atomic E-state index is -0.711. The second-order valence-corrected chi connectivity index (χ2v) is 3.56. The van der Waals surface area contributed by atoms with E-state index in [0.717, 1.165) is 12.8 Å². The van der Waals surface area contributed by atoms with Crippen LogP contribution in [0.15, 0.2) is 18.2 Å². The topological polar surface area (TPSA) is 29.5 Å². The van der Waals surface area contributed by atoms with Crippen molar-refractivity contribution in [3.8, 4) is 5.75 Å². The standard InChI is InChI=1S/C12H17FO2/c1-3-4-7-15-12-6-5-10(13)8-11(12)9(2)14/h5-6,8-9,14H,3-4,7H2,1-2H3/t9-/m0/s1. The predicted octanol–water partition coefficient (Wildman–Crippen LogP) is 3.06. The van der Waals surface area contributed by atoms with Gasteiger partial charge >= 0.3 is 0 Å². The fourth-order valence-corrected chi connectivity index (χ4v) is 1.30. The van der Waals surface area contributed by atoms with E-state index < -0.39 is 6.10 Å². The fourth-order valence-electron chi connectivity index (χ4n) is 1.30. The maximum atomic E-state index is 12.9. The van der Waals surface area contributed by atoms with Gasteiger partial charge in [0.15, 0.2) is 0 Å². The second kappa shape index (κ2) is 5.71. The highest BCUT2D eigenvalue weighted by Gasteiger charge is 2.10. The Morgan fingerprint density at radius 3 is 2.80 bits per heavy atom.